The Bertz CT molecular complexity index is 1390. The number of nitriles is 1. The van der Waals surface area contributed by atoms with Crippen molar-refractivity contribution in [3.8, 4) is 44.8 Å². The molecule has 9 heteroatoms. The van der Waals surface area contributed by atoms with Gasteiger partial charge in [0, 0.05) is 28.1 Å². The molecule has 0 radical (unpaired) electrons. The minimum atomic E-state index is -1.53. The molecule has 0 spiro atoms. The Morgan fingerprint density at radius 1 is 1.06 bits per heavy atom. The molecule has 1 aromatic heterocycles. The predicted molar refractivity (Wildman–Crippen MR) is 118 cm³/mol. The minimum Gasteiger partial charge on any atom is -0.449 e. The van der Waals surface area contributed by atoms with Crippen LogP contribution in [0.5, 0.6) is 5.75 Å². The van der Waals surface area contributed by atoms with Gasteiger partial charge in [-0.25, -0.2) is 9.78 Å². The van der Waals surface area contributed by atoms with Gasteiger partial charge in [-0.05, 0) is 30.3 Å². The summed E-state index contributed by atoms with van der Waals surface area (Å²) in [5, 5.41) is 32.1. The summed E-state index contributed by atoms with van der Waals surface area (Å²) < 4.78 is 4.95. The zero-order chi connectivity index (χ0) is 22.7. The Hall–Kier alpha value is -4.55. The average Bonchev–Trinajstić information content (AvgIpc) is 3.29. The first-order valence-electron chi connectivity index (χ1n) is 9.21. The third-order valence-electron chi connectivity index (χ3n) is 4.61. The zero-order valence-electron chi connectivity index (χ0n) is 16.3. The Morgan fingerprint density at radius 2 is 1.88 bits per heavy atom. The molecule has 0 aliphatic rings. The second-order valence-electron chi connectivity index (χ2n) is 6.58. The first-order valence-corrected chi connectivity index (χ1v) is 10.1. The van der Waals surface area contributed by atoms with Crippen LogP contribution in [0.2, 0.25) is 0 Å². The van der Waals surface area contributed by atoms with Gasteiger partial charge in [-0.1, -0.05) is 30.3 Å². The monoisotopic (exact) mass is 443 g/mol. The topological polar surface area (TPSA) is 126 Å². The number of nitro groups is 1. The highest BCUT2D eigenvalue weighted by atomic mass is 32.1. The SMILES string of the molecule is N#Cc1cccc(-c2csc(-c3ccc(-c4ccccc4[N+](=O)[O-])c(OC(=O)O)c3)n2)c1. The van der Waals surface area contributed by atoms with Gasteiger partial charge in [0.25, 0.3) is 5.69 Å². The van der Waals surface area contributed by atoms with Crippen LogP contribution in [0.15, 0.2) is 72.1 Å². The van der Waals surface area contributed by atoms with E-state index in [0.717, 1.165) is 5.56 Å². The highest BCUT2D eigenvalue weighted by Crippen LogP contribution is 2.39. The number of benzene rings is 3. The van der Waals surface area contributed by atoms with Crippen molar-refractivity contribution < 1.29 is 19.6 Å². The van der Waals surface area contributed by atoms with Crippen molar-refractivity contribution in [2.45, 2.75) is 0 Å². The van der Waals surface area contributed by atoms with Gasteiger partial charge in [0.15, 0.2) is 0 Å². The van der Waals surface area contributed by atoms with Crippen molar-refractivity contribution in [3.63, 3.8) is 0 Å². The maximum absolute atomic E-state index is 11.4. The van der Waals surface area contributed by atoms with E-state index in [1.54, 1.807) is 36.4 Å². The quantitative estimate of drug-likeness (QED) is 0.174. The molecule has 1 heterocycles. The van der Waals surface area contributed by atoms with Gasteiger partial charge in [0.2, 0.25) is 0 Å². The molecule has 0 aliphatic heterocycles. The molecule has 0 amide bonds. The van der Waals surface area contributed by atoms with Crippen molar-refractivity contribution in [2.24, 2.45) is 0 Å². The van der Waals surface area contributed by atoms with E-state index in [0.29, 0.717) is 21.8 Å². The van der Waals surface area contributed by atoms with Gasteiger partial charge >= 0.3 is 6.16 Å². The fraction of sp³-hybridized carbons (Fsp3) is 0. The summed E-state index contributed by atoms with van der Waals surface area (Å²) in [6, 6.07) is 20.0. The third-order valence-corrected chi connectivity index (χ3v) is 5.50. The number of carbonyl (C=O) groups is 1. The van der Waals surface area contributed by atoms with Gasteiger partial charge < -0.3 is 9.84 Å². The molecular formula is C23H13N3O5S. The van der Waals surface area contributed by atoms with Gasteiger partial charge in [0.1, 0.15) is 10.8 Å². The van der Waals surface area contributed by atoms with Crippen LogP contribution in [0.1, 0.15) is 5.56 Å². The van der Waals surface area contributed by atoms with E-state index in [9.17, 15) is 20.0 Å². The molecule has 0 fully saturated rings. The standard InChI is InChI=1S/C23H13N3O5S/c24-12-14-4-3-5-15(10-14)19-13-32-22(25-19)16-8-9-18(21(11-16)31-23(27)28)17-6-1-2-7-20(17)26(29)30/h1-11,13H,(H,27,28). The number of thiazole rings is 1. The molecule has 1 N–H and O–H groups in total. The van der Waals surface area contributed by atoms with Crippen molar-refractivity contribution in [3.05, 3.63) is 87.8 Å². The van der Waals surface area contributed by atoms with Crippen LogP contribution in [-0.2, 0) is 0 Å². The molecular weight excluding hydrogens is 430 g/mol. The van der Waals surface area contributed by atoms with E-state index in [2.05, 4.69) is 11.1 Å². The molecule has 0 unspecified atom stereocenters. The first kappa shape index (κ1) is 20.7. The van der Waals surface area contributed by atoms with E-state index in [-0.39, 0.29) is 22.6 Å². The molecule has 156 valence electrons. The lowest BCUT2D eigenvalue weighted by atomic mass is 10.0. The number of carboxylic acid groups (broad SMARTS) is 1. The highest BCUT2D eigenvalue weighted by molar-refractivity contribution is 7.13. The molecule has 0 saturated heterocycles. The number of hydrogen-bond donors (Lipinski definition) is 1. The molecule has 4 rings (SSSR count). The Balaban J connectivity index is 1.78. The number of aromatic nitrogens is 1. The van der Waals surface area contributed by atoms with E-state index in [1.165, 1.54) is 35.6 Å². The second-order valence-corrected chi connectivity index (χ2v) is 7.44. The largest absolute Gasteiger partial charge is 0.511 e. The first-order chi connectivity index (χ1) is 15.5. The number of nitrogens with zero attached hydrogens (tertiary/aromatic N) is 3. The second kappa shape index (κ2) is 8.67. The molecule has 8 nitrogen and oxygen atoms in total. The third kappa shape index (κ3) is 4.16. The summed E-state index contributed by atoms with van der Waals surface area (Å²) in [7, 11) is 0. The van der Waals surface area contributed by atoms with E-state index in [1.807, 2.05) is 11.4 Å². The fourth-order valence-electron chi connectivity index (χ4n) is 3.20. The highest BCUT2D eigenvalue weighted by Gasteiger charge is 2.20. The van der Waals surface area contributed by atoms with Crippen LogP contribution in [0, 0.1) is 21.4 Å². The van der Waals surface area contributed by atoms with Crippen molar-refractivity contribution in [2.75, 3.05) is 0 Å². The van der Waals surface area contributed by atoms with Crippen LogP contribution in [-0.4, -0.2) is 21.2 Å². The Morgan fingerprint density at radius 3 is 2.62 bits per heavy atom. The maximum Gasteiger partial charge on any atom is 0.511 e. The zero-order valence-corrected chi connectivity index (χ0v) is 17.1. The lowest BCUT2D eigenvalue weighted by molar-refractivity contribution is -0.384. The molecule has 0 saturated carbocycles. The van der Waals surface area contributed by atoms with E-state index < -0.39 is 11.1 Å². The van der Waals surface area contributed by atoms with Crippen molar-refractivity contribution >= 4 is 23.2 Å². The number of hydrogen-bond acceptors (Lipinski definition) is 7. The minimum absolute atomic E-state index is 0.0347. The Labute approximate surface area is 185 Å². The summed E-state index contributed by atoms with van der Waals surface area (Å²) in [6.07, 6.45) is -1.53. The number of nitro benzene ring substituents is 1. The van der Waals surface area contributed by atoms with Crippen LogP contribution < -0.4 is 4.74 Å². The molecule has 32 heavy (non-hydrogen) atoms. The maximum atomic E-state index is 11.4. The van der Waals surface area contributed by atoms with Crippen molar-refractivity contribution in [1.29, 1.82) is 5.26 Å². The fourth-order valence-corrected chi connectivity index (χ4v) is 4.03. The lowest BCUT2D eigenvalue weighted by Gasteiger charge is -2.10. The average molecular weight is 443 g/mol. The smallest absolute Gasteiger partial charge is 0.449 e. The summed E-state index contributed by atoms with van der Waals surface area (Å²) in [5.74, 6) is -0.0347. The number of para-hydroxylation sites is 1. The normalized spacial score (nSPS) is 10.3. The molecule has 0 atom stereocenters. The summed E-state index contributed by atoms with van der Waals surface area (Å²) in [4.78, 5) is 26.8. The van der Waals surface area contributed by atoms with Crippen LogP contribution in [0.3, 0.4) is 0 Å². The summed E-state index contributed by atoms with van der Waals surface area (Å²) in [5.41, 5.74) is 2.93. The predicted octanol–water partition coefficient (Wildman–Crippen LogP) is 5.98. The van der Waals surface area contributed by atoms with Gasteiger partial charge in [-0.3, -0.25) is 10.1 Å². The summed E-state index contributed by atoms with van der Waals surface area (Å²) >= 11 is 1.34. The van der Waals surface area contributed by atoms with Crippen LogP contribution in [0.25, 0.3) is 33.0 Å². The Kier molecular flexibility index (Phi) is 5.61. The van der Waals surface area contributed by atoms with Crippen LogP contribution >= 0.6 is 11.3 Å². The van der Waals surface area contributed by atoms with Crippen LogP contribution in [0.4, 0.5) is 10.5 Å². The van der Waals surface area contributed by atoms with E-state index >= 15 is 0 Å². The molecule has 0 aliphatic carbocycles. The van der Waals surface area contributed by atoms with Gasteiger partial charge in [-0.15, -0.1) is 11.3 Å². The molecule has 4 aromatic rings. The van der Waals surface area contributed by atoms with Gasteiger partial charge in [-0.2, -0.15) is 5.26 Å². The lowest BCUT2D eigenvalue weighted by Crippen LogP contribution is -2.05. The number of ether oxygens (including phenoxy) is 1. The molecule has 3 aromatic carbocycles. The van der Waals surface area contributed by atoms with E-state index in [4.69, 9.17) is 10.00 Å². The molecule has 0 bridgehead atoms. The summed E-state index contributed by atoms with van der Waals surface area (Å²) in [6.45, 7) is 0. The number of rotatable bonds is 5. The van der Waals surface area contributed by atoms with Gasteiger partial charge in [0.05, 0.1) is 27.8 Å². The van der Waals surface area contributed by atoms with Crippen molar-refractivity contribution in [1.82, 2.24) is 4.98 Å².